The molecule has 0 unspecified atom stereocenters. The lowest BCUT2D eigenvalue weighted by Crippen LogP contribution is -1.98. The molecule has 0 amide bonds. The van der Waals surface area contributed by atoms with E-state index in [2.05, 4.69) is 4.98 Å². The van der Waals surface area contributed by atoms with Crippen LogP contribution >= 0.6 is 0 Å². The molecule has 0 saturated carbocycles. The average Bonchev–Trinajstić information content (AvgIpc) is 2.38. The number of nitrogens with zero attached hydrogens (tertiary/aromatic N) is 2. The maximum atomic E-state index is 10.7. The number of nitro groups is 1. The van der Waals surface area contributed by atoms with Gasteiger partial charge in [-0.05, 0) is 24.6 Å². The van der Waals surface area contributed by atoms with Crippen LogP contribution in [0, 0.1) is 17.0 Å². The van der Waals surface area contributed by atoms with Crippen LogP contribution in [0.25, 0.3) is 0 Å². The number of hydrogen-bond donors (Lipinski definition) is 1. The van der Waals surface area contributed by atoms with E-state index >= 15 is 0 Å². The Morgan fingerprint density at radius 3 is 2.79 bits per heavy atom. The van der Waals surface area contributed by atoms with Crippen molar-refractivity contribution in [2.24, 2.45) is 5.73 Å². The fourth-order valence-electron chi connectivity index (χ4n) is 1.64. The maximum absolute atomic E-state index is 10.7. The minimum absolute atomic E-state index is 0.0249. The maximum Gasteiger partial charge on any atom is 0.290 e. The van der Waals surface area contributed by atoms with Crippen LogP contribution in [-0.2, 0) is 6.54 Å². The van der Waals surface area contributed by atoms with Crippen LogP contribution in [0.2, 0.25) is 0 Å². The van der Waals surface area contributed by atoms with Gasteiger partial charge in [-0.1, -0.05) is 12.1 Å². The zero-order valence-electron chi connectivity index (χ0n) is 10.4. The highest BCUT2D eigenvalue weighted by molar-refractivity contribution is 5.38. The van der Waals surface area contributed by atoms with E-state index in [1.807, 2.05) is 12.1 Å². The average molecular weight is 259 g/mol. The van der Waals surface area contributed by atoms with Gasteiger partial charge >= 0.3 is 0 Å². The molecule has 0 fully saturated rings. The zero-order chi connectivity index (χ0) is 13.8. The fraction of sp³-hybridized carbons (Fsp3) is 0.154. The van der Waals surface area contributed by atoms with Gasteiger partial charge < -0.3 is 10.5 Å². The summed E-state index contributed by atoms with van der Waals surface area (Å²) in [5, 5.41) is 10.7. The second-order valence-corrected chi connectivity index (χ2v) is 3.96. The third-order valence-corrected chi connectivity index (χ3v) is 2.59. The Morgan fingerprint density at radius 1 is 1.37 bits per heavy atom. The van der Waals surface area contributed by atoms with Gasteiger partial charge in [0.15, 0.2) is 0 Å². The van der Waals surface area contributed by atoms with Crippen LogP contribution in [0.4, 0.5) is 5.69 Å². The van der Waals surface area contributed by atoms with E-state index in [0.717, 1.165) is 5.56 Å². The quantitative estimate of drug-likeness (QED) is 0.673. The molecule has 1 heterocycles. The van der Waals surface area contributed by atoms with Gasteiger partial charge in [0.25, 0.3) is 5.69 Å². The summed E-state index contributed by atoms with van der Waals surface area (Å²) in [7, 11) is 0. The van der Waals surface area contributed by atoms with Crippen LogP contribution in [0.3, 0.4) is 0 Å². The molecule has 1 aromatic carbocycles. The van der Waals surface area contributed by atoms with E-state index < -0.39 is 4.92 Å². The van der Waals surface area contributed by atoms with Gasteiger partial charge in [0, 0.05) is 18.7 Å². The normalized spacial score (nSPS) is 10.2. The molecule has 98 valence electrons. The van der Waals surface area contributed by atoms with Crippen LogP contribution in [0.1, 0.15) is 11.3 Å². The number of benzene rings is 1. The number of pyridine rings is 1. The SMILES string of the molecule is Cc1nc(Oc2cccc(CN)c2)ccc1[N+](=O)[O-]. The number of aryl methyl sites for hydroxylation is 1. The summed E-state index contributed by atoms with van der Waals surface area (Å²) >= 11 is 0. The monoisotopic (exact) mass is 259 g/mol. The standard InChI is InChI=1S/C13H13N3O3/c1-9-12(16(17)18)5-6-13(15-9)19-11-4-2-3-10(7-11)8-14/h2-7H,8,14H2,1H3. The number of aromatic nitrogens is 1. The minimum atomic E-state index is -0.471. The van der Waals surface area contributed by atoms with Gasteiger partial charge in [-0.15, -0.1) is 0 Å². The van der Waals surface area contributed by atoms with E-state index in [4.69, 9.17) is 10.5 Å². The van der Waals surface area contributed by atoms with Crippen LogP contribution < -0.4 is 10.5 Å². The van der Waals surface area contributed by atoms with Crippen molar-refractivity contribution in [3.63, 3.8) is 0 Å². The fourth-order valence-corrected chi connectivity index (χ4v) is 1.64. The van der Waals surface area contributed by atoms with Crippen molar-refractivity contribution in [2.75, 3.05) is 0 Å². The molecular weight excluding hydrogens is 246 g/mol. The topological polar surface area (TPSA) is 91.3 Å². The van der Waals surface area contributed by atoms with Gasteiger partial charge in [0.05, 0.1) is 4.92 Å². The number of rotatable bonds is 4. The molecule has 2 aromatic rings. The van der Waals surface area contributed by atoms with Gasteiger partial charge in [0.2, 0.25) is 5.88 Å². The van der Waals surface area contributed by atoms with Gasteiger partial charge in [0.1, 0.15) is 11.4 Å². The molecule has 2 rings (SSSR count). The first kappa shape index (κ1) is 13.0. The summed E-state index contributed by atoms with van der Waals surface area (Å²) in [4.78, 5) is 14.3. The second-order valence-electron chi connectivity index (χ2n) is 3.96. The molecule has 2 N–H and O–H groups in total. The summed E-state index contributed by atoms with van der Waals surface area (Å²) in [6.45, 7) is 1.99. The van der Waals surface area contributed by atoms with E-state index in [-0.39, 0.29) is 5.69 Å². The molecule has 0 aliphatic heterocycles. The van der Waals surface area contributed by atoms with Crippen LogP contribution in [0.5, 0.6) is 11.6 Å². The van der Waals surface area contributed by atoms with Crippen molar-refractivity contribution < 1.29 is 9.66 Å². The Bertz CT molecular complexity index is 614. The summed E-state index contributed by atoms with van der Waals surface area (Å²) in [6.07, 6.45) is 0. The van der Waals surface area contributed by atoms with Crippen molar-refractivity contribution in [3.05, 3.63) is 57.8 Å². The Morgan fingerprint density at radius 2 is 2.16 bits per heavy atom. The third kappa shape index (κ3) is 3.05. The van der Waals surface area contributed by atoms with Crippen molar-refractivity contribution in [3.8, 4) is 11.6 Å². The lowest BCUT2D eigenvalue weighted by Gasteiger charge is -2.06. The van der Waals surface area contributed by atoms with Crippen molar-refractivity contribution in [2.45, 2.75) is 13.5 Å². The lowest BCUT2D eigenvalue weighted by molar-refractivity contribution is -0.385. The van der Waals surface area contributed by atoms with E-state index in [9.17, 15) is 10.1 Å². The summed E-state index contributed by atoms with van der Waals surface area (Å²) in [5.41, 5.74) is 6.78. The zero-order valence-corrected chi connectivity index (χ0v) is 10.4. The molecule has 0 aliphatic carbocycles. The van der Waals surface area contributed by atoms with Gasteiger partial charge in [-0.3, -0.25) is 10.1 Å². The molecule has 0 spiro atoms. The largest absolute Gasteiger partial charge is 0.439 e. The molecule has 0 aliphatic rings. The summed E-state index contributed by atoms with van der Waals surface area (Å²) < 4.78 is 5.55. The molecule has 0 atom stereocenters. The van der Waals surface area contributed by atoms with Crippen molar-refractivity contribution in [1.82, 2.24) is 4.98 Å². The summed E-state index contributed by atoms with van der Waals surface area (Å²) in [6, 6.07) is 10.2. The highest BCUT2D eigenvalue weighted by atomic mass is 16.6. The number of hydrogen-bond acceptors (Lipinski definition) is 5. The van der Waals surface area contributed by atoms with E-state index in [1.54, 1.807) is 19.1 Å². The minimum Gasteiger partial charge on any atom is -0.439 e. The molecule has 1 aromatic heterocycles. The molecule has 6 nitrogen and oxygen atoms in total. The lowest BCUT2D eigenvalue weighted by atomic mass is 10.2. The predicted octanol–water partition coefficient (Wildman–Crippen LogP) is 2.55. The first-order valence-electron chi connectivity index (χ1n) is 5.69. The molecule has 19 heavy (non-hydrogen) atoms. The van der Waals surface area contributed by atoms with Gasteiger partial charge in [-0.2, -0.15) is 0 Å². The van der Waals surface area contributed by atoms with E-state index in [1.165, 1.54) is 12.1 Å². The Labute approximate surface area is 110 Å². The van der Waals surface area contributed by atoms with E-state index in [0.29, 0.717) is 23.9 Å². The summed E-state index contributed by atoms with van der Waals surface area (Å²) in [5.74, 6) is 0.918. The van der Waals surface area contributed by atoms with Crippen molar-refractivity contribution >= 4 is 5.69 Å². The highest BCUT2D eigenvalue weighted by Gasteiger charge is 2.12. The second kappa shape index (κ2) is 5.45. The molecule has 6 heteroatoms. The Hall–Kier alpha value is -2.47. The molecule has 0 saturated heterocycles. The van der Waals surface area contributed by atoms with Crippen LogP contribution in [0.15, 0.2) is 36.4 Å². The molecule has 0 bridgehead atoms. The Kier molecular flexibility index (Phi) is 3.72. The number of ether oxygens (including phenoxy) is 1. The molecule has 0 radical (unpaired) electrons. The van der Waals surface area contributed by atoms with Crippen molar-refractivity contribution in [1.29, 1.82) is 0 Å². The molecular formula is C13H13N3O3. The van der Waals surface area contributed by atoms with Crippen LogP contribution in [-0.4, -0.2) is 9.91 Å². The number of nitrogens with two attached hydrogens (primary N) is 1. The highest BCUT2D eigenvalue weighted by Crippen LogP contribution is 2.24. The third-order valence-electron chi connectivity index (χ3n) is 2.59. The Balaban J connectivity index is 2.23. The smallest absolute Gasteiger partial charge is 0.290 e. The van der Waals surface area contributed by atoms with Gasteiger partial charge in [-0.25, -0.2) is 4.98 Å². The predicted molar refractivity (Wildman–Crippen MR) is 70.0 cm³/mol. The first-order chi connectivity index (χ1) is 9.10. The first-order valence-corrected chi connectivity index (χ1v) is 5.69.